The van der Waals surface area contributed by atoms with Crippen LogP contribution >= 0.6 is 11.8 Å². The molecule has 0 saturated carbocycles. The average Bonchev–Trinajstić information content (AvgIpc) is 2.50. The Balaban J connectivity index is 1.89. The van der Waals surface area contributed by atoms with Crippen molar-refractivity contribution in [3.8, 4) is 0 Å². The molecule has 0 bridgehead atoms. The minimum Gasteiger partial charge on any atom is -0.287 e. The van der Waals surface area contributed by atoms with Crippen LogP contribution in [-0.4, -0.2) is 5.12 Å². The molecule has 0 atom stereocenters. The zero-order valence-corrected chi connectivity index (χ0v) is 14.3. The fourth-order valence-electron chi connectivity index (χ4n) is 2.43. The van der Waals surface area contributed by atoms with Crippen LogP contribution in [0.15, 0.2) is 35.2 Å². The van der Waals surface area contributed by atoms with Gasteiger partial charge >= 0.3 is 0 Å². The van der Waals surface area contributed by atoms with Gasteiger partial charge in [-0.2, -0.15) is 0 Å². The van der Waals surface area contributed by atoms with E-state index in [1.54, 1.807) is 0 Å². The topological polar surface area (TPSA) is 17.1 Å². The summed E-state index contributed by atoms with van der Waals surface area (Å²) >= 11 is 1.38. The van der Waals surface area contributed by atoms with E-state index >= 15 is 0 Å². The highest BCUT2D eigenvalue weighted by atomic mass is 32.2. The number of unbranched alkanes of at least 4 members (excludes halogenated alkanes) is 9. The summed E-state index contributed by atoms with van der Waals surface area (Å²) in [4.78, 5) is 12.9. The lowest BCUT2D eigenvalue weighted by molar-refractivity contribution is -0.111. The normalized spacial score (nSPS) is 10.7. The molecule has 0 aliphatic carbocycles. The quantitative estimate of drug-likeness (QED) is 0.319. The lowest BCUT2D eigenvalue weighted by atomic mass is 10.1. The third-order valence-corrected chi connectivity index (χ3v) is 4.65. The molecular formula is C19H30OS. The second-order valence-electron chi connectivity index (χ2n) is 5.72. The predicted octanol–water partition coefficient (Wildman–Crippen LogP) is 6.62. The van der Waals surface area contributed by atoms with Gasteiger partial charge in [0.25, 0.3) is 0 Å². The highest BCUT2D eigenvalue weighted by molar-refractivity contribution is 8.13. The summed E-state index contributed by atoms with van der Waals surface area (Å²) in [6.07, 6.45) is 13.9. The Morgan fingerprint density at radius 3 is 1.90 bits per heavy atom. The molecule has 1 aromatic rings. The van der Waals surface area contributed by atoms with E-state index in [0.717, 1.165) is 17.7 Å². The maximum absolute atomic E-state index is 11.8. The molecule has 0 aromatic heterocycles. The van der Waals surface area contributed by atoms with E-state index in [4.69, 9.17) is 0 Å². The van der Waals surface area contributed by atoms with Crippen molar-refractivity contribution < 1.29 is 4.79 Å². The Labute approximate surface area is 134 Å². The Morgan fingerprint density at radius 1 is 0.810 bits per heavy atom. The van der Waals surface area contributed by atoms with Gasteiger partial charge in [-0.05, 0) is 18.6 Å². The monoisotopic (exact) mass is 306 g/mol. The third kappa shape index (κ3) is 10.6. The van der Waals surface area contributed by atoms with Gasteiger partial charge in [-0.25, -0.2) is 0 Å². The number of hydrogen-bond acceptors (Lipinski definition) is 2. The Bertz CT molecular complexity index is 361. The molecule has 0 saturated heterocycles. The van der Waals surface area contributed by atoms with E-state index in [2.05, 4.69) is 6.92 Å². The van der Waals surface area contributed by atoms with Gasteiger partial charge in [0.05, 0.1) is 0 Å². The fraction of sp³-hybridized carbons (Fsp3) is 0.632. The van der Waals surface area contributed by atoms with Gasteiger partial charge in [-0.15, -0.1) is 0 Å². The van der Waals surface area contributed by atoms with Crippen molar-refractivity contribution in [3.63, 3.8) is 0 Å². The van der Waals surface area contributed by atoms with E-state index in [0.29, 0.717) is 5.12 Å². The van der Waals surface area contributed by atoms with Crippen molar-refractivity contribution in [1.29, 1.82) is 0 Å². The summed E-state index contributed by atoms with van der Waals surface area (Å²) in [6, 6.07) is 9.95. The Morgan fingerprint density at radius 2 is 1.33 bits per heavy atom. The van der Waals surface area contributed by atoms with Crippen molar-refractivity contribution in [2.45, 2.75) is 82.4 Å². The van der Waals surface area contributed by atoms with E-state index in [1.807, 2.05) is 30.3 Å². The van der Waals surface area contributed by atoms with Gasteiger partial charge in [-0.3, -0.25) is 4.79 Å². The van der Waals surface area contributed by atoms with Crippen LogP contribution in [0.1, 0.15) is 77.6 Å². The molecule has 2 heteroatoms. The second-order valence-corrected chi connectivity index (χ2v) is 6.85. The SMILES string of the molecule is CCCCCCCCCCCCC(=O)Sc1ccccc1. The Kier molecular flexibility index (Phi) is 11.3. The van der Waals surface area contributed by atoms with Gasteiger partial charge in [0, 0.05) is 11.3 Å². The van der Waals surface area contributed by atoms with E-state index in [1.165, 1.54) is 69.5 Å². The first-order valence-corrected chi connectivity index (χ1v) is 9.40. The average molecular weight is 307 g/mol. The third-order valence-electron chi connectivity index (χ3n) is 3.71. The molecule has 118 valence electrons. The number of rotatable bonds is 12. The van der Waals surface area contributed by atoms with Gasteiger partial charge in [0.2, 0.25) is 0 Å². The predicted molar refractivity (Wildman–Crippen MR) is 93.8 cm³/mol. The first-order valence-electron chi connectivity index (χ1n) is 8.58. The zero-order chi connectivity index (χ0) is 15.2. The van der Waals surface area contributed by atoms with E-state index in [-0.39, 0.29) is 0 Å². The number of carbonyl (C=O) groups is 1. The number of benzene rings is 1. The smallest absolute Gasteiger partial charge is 0.193 e. The number of thioether (sulfide) groups is 1. The molecule has 0 radical (unpaired) electrons. The molecule has 0 aliphatic heterocycles. The highest BCUT2D eigenvalue weighted by Crippen LogP contribution is 2.21. The first-order chi connectivity index (χ1) is 10.3. The van der Waals surface area contributed by atoms with Crippen molar-refractivity contribution in [2.24, 2.45) is 0 Å². The lowest BCUT2D eigenvalue weighted by Crippen LogP contribution is -1.91. The molecule has 0 amide bonds. The standard InChI is InChI=1S/C19H30OS/c1-2-3-4-5-6-7-8-9-10-14-17-19(20)21-18-15-12-11-13-16-18/h11-13,15-16H,2-10,14,17H2,1H3. The van der Waals surface area contributed by atoms with Crippen LogP contribution in [0.2, 0.25) is 0 Å². The molecule has 0 unspecified atom stereocenters. The van der Waals surface area contributed by atoms with Crippen LogP contribution in [0.5, 0.6) is 0 Å². The minimum absolute atomic E-state index is 0.306. The van der Waals surface area contributed by atoms with E-state index < -0.39 is 0 Å². The zero-order valence-electron chi connectivity index (χ0n) is 13.5. The van der Waals surface area contributed by atoms with Crippen molar-refractivity contribution in [2.75, 3.05) is 0 Å². The van der Waals surface area contributed by atoms with Crippen LogP contribution in [0.25, 0.3) is 0 Å². The summed E-state index contributed by atoms with van der Waals surface area (Å²) in [7, 11) is 0. The molecule has 0 fully saturated rings. The van der Waals surface area contributed by atoms with Crippen LogP contribution in [0.3, 0.4) is 0 Å². The summed E-state index contributed by atoms with van der Waals surface area (Å²) < 4.78 is 0. The van der Waals surface area contributed by atoms with Crippen molar-refractivity contribution in [1.82, 2.24) is 0 Å². The van der Waals surface area contributed by atoms with Crippen LogP contribution in [0.4, 0.5) is 0 Å². The van der Waals surface area contributed by atoms with Gasteiger partial charge in [-0.1, -0.05) is 94.7 Å². The Hall–Kier alpha value is -0.760. The molecule has 0 heterocycles. The minimum atomic E-state index is 0.306. The summed E-state index contributed by atoms with van der Waals surface area (Å²) in [5.41, 5.74) is 0. The van der Waals surface area contributed by atoms with Crippen molar-refractivity contribution in [3.05, 3.63) is 30.3 Å². The van der Waals surface area contributed by atoms with Crippen LogP contribution in [-0.2, 0) is 4.79 Å². The molecule has 0 N–H and O–H groups in total. The van der Waals surface area contributed by atoms with Crippen LogP contribution in [0, 0.1) is 0 Å². The molecule has 21 heavy (non-hydrogen) atoms. The molecule has 0 spiro atoms. The lowest BCUT2D eigenvalue weighted by Gasteiger charge is -2.02. The second kappa shape index (κ2) is 12.9. The highest BCUT2D eigenvalue weighted by Gasteiger charge is 2.03. The first kappa shape index (κ1) is 18.3. The molecule has 1 nitrogen and oxygen atoms in total. The summed E-state index contributed by atoms with van der Waals surface area (Å²) in [5, 5.41) is 0.306. The van der Waals surface area contributed by atoms with Crippen LogP contribution < -0.4 is 0 Å². The van der Waals surface area contributed by atoms with Gasteiger partial charge in [0.15, 0.2) is 5.12 Å². The molecule has 1 rings (SSSR count). The molecule has 1 aromatic carbocycles. The maximum atomic E-state index is 11.8. The maximum Gasteiger partial charge on any atom is 0.193 e. The largest absolute Gasteiger partial charge is 0.287 e. The van der Waals surface area contributed by atoms with Gasteiger partial charge in [0.1, 0.15) is 0 Å². The van der Waals surface area contributed by atoms with Crippen molar-refractivity contribution >= 4 is 16.9 Å². The van der Waals surface area contributed by atoms with E-state index in [9.17, 15) is 4.79 Å². The fourth-order valence-corrected chi connectivity index (χ4v) is 3.23. The molecular weight excluding hydrogens is 276 g/mol. The molecule has 0 aliphatic rings. The summed E-state index contributed by atoms with van der Waals surface area (Å²) in [6.45, 7) is 2.26. The number of hydrogen-bond donors (Lipinski definition) is 0. The number of carbonyl (C=O) groups excluding carboxylic acids is 1. The summed E-state index contributed by atoms with van der Waals surface area (Å²) in [5.74, 6) is 0. The van der Waals surface area contributed by atoms with Gasteiger partial charge < -0.3 is 0 Å².